The van der Waals surface area contributed by atoms with Crippen molar-refractivity contribution < 1.29 is 4.39 Å². The molecule has 0 aliphatic carbocycles. The van der Waals surface area contributed by atoms with E-state index in [1.165, 1.54) is 6.07 Å². The Morgan fingerprint density at radius 3 is 2.55 bits per heavy atom. The zero-order valence-corrected chi connectivity index (χ0v) is 12.9. The number of likely N-dealkylation sites (N-methyl/N-ethyl adjacent to an activating group) is 1. The first-order chi connectivity index (χ1) is 9.51. The first-order valence-electron chi connectivity index (χ1n) is 6.38. The van der Waals surface area contributed by atoms with Gasteiger partial charge in [-0.2, -0.15) is 0 Å². The van der Waals surface area contributed by atoms with E-state index in [1.807, 2.05) is 32.2 Å². The van der Waals surface area contributed by atoms with Crippen molar-refractivity contribution in [3.05, 3.63) is 69.0 Å². The van der Waals surface area contributed by atoms with Crippen LogP contribution < -0.4 is 5.32 Å². The van der Waals surface area contributed by atoms with E-state index in [4.69, 9.17) is 23.2 Å². The predicted octanol–water partition coefficient (Wildman–Crippen LogP) is 4.94. The molecule has 0 aromatic heterocycles. The Kier molecular flexibility index (Phi) is 5.03. The summed E-state index contributed by atoms with van der Waals surface area (Å²) in [6, 6.07) is 10.5. The predicted molar refractivity (Wildman–Crippen MR) is 83.1 cm³/mol. The van der Waals surface area contributed by atoms with Crippen LogP contribution in [0.25, 0.3) is 0 Å². The van der Waals surface area contributed by atoms with Gasteiger partial charge in [0.2, 0.25) is 0 Å². The Morgan fingerprint density at radius 2 is 1.90 bits per heavy atom. The fraction of sp³-hybridized carbons (Fsp3) is 0.250. The van der Waals surface area contributed by atoms with Crippen molar-refractivity contribution in [1.29, 1.82) is 0 Å². The lowest BCUT2D eigenvalue weighted by Crippen LogP contribution is -2.19. The van der Waals surface area contributed by atoms with E-state index in [9.17, 15) is 4.39 Å². The molecular formula is C16H16Cl2FN. The number of benzene rings is 2. The molecule has 20 heavy (non-hydrogen) atoms. The molecule has 0 amide bonds. The smallest absolute Gasteiger partial charge is 0.126 e. The van der Waals surface area contributed by atoms with Gasteiger partial charge in [0.25, 0.3) is 0 Å². The van der Waals surface area contributed by atoms with Crippen LogP contribution in [0.15, 0.2) is 36.4 Å². The zero-order valence-electron chi connectivity index (χ0n) is 11.4. The highest BCUT2D eigenvalue weighted by Gasteiger charge is 2.14. The molecule has 0 spiro atoms. The van der Waals surface area contributed by atoms with Crippen LogP contribution in [-0.4, -0.2) is 7.05 Å². The van der Waals surface area contributed by atoms with Gasteiger partial charge in [-0.3, -0.25) is 0 Å². The van der Waals surface area contributed by atoms with Gasteiger partial charge < -0.3 is 5.32 Å². The molecule has 2 aromatic carbocycles. The van der Waals surface area contributed by atoms with Crippen LogP contribution in [0, 0.1) is 12.7 Å². The molecule has 0 aliphatic heterocycles. The van der Waals surface area contributed by atoms with Crippen molar-refractivity contribution in [1.82, 2.24) is 5.32 Å². The minimum absolute atomic E-state index is 0.0129. The van der Waals surface area contributed by atoms with Gasteiger partial charge in [-0.15, -0.1) is 0 Å². The molecule has 1 atom stereocenters. The summed E-state index contributed by atoms with van der Waals surface area (Å²) in [6.07, 6.45) is 0.516. The molecule has 0 radical (unpaired) electrons. The quantitative estimate of drug-likeness (QED) is 0.843. The summed E-state index contributed by atoms with van der Waals surface area (Å²) in [5.41, 5.74) is 2.65. The summed E-state index contributed by atoms with van der Waals surface area (Å²) in [5.74, 6) is -0.243. The molecule has 1 N–H and O–H groups in total. The van der Waals surface area contributed by atoms with Crippen molar-refractivity contribution in [3.63, 3.8) is 0 Å². The summed E-state index contributed by atoms with van der Waals surface area (Å²) in [5, 5.41) is 4.45. The van der Waals surface area contributed by atoms with Crippen LogP contribution in [0.4, 0.5) is 4.39 Å². The summed E-state index contributed by atoms with van der Waals surface area (Å²) in [6.45, 7) is 1.96. The van der Waals surface area contributed by atoms with Gasteiger partial charge in [-0.05, 0) is 61.3 Å². The number of hydrogen-bond acceptors (Lipinski definition) is 1. The van der Waals surface area contributed by atoms with Gasteiger partial charge in [-0.25, -0.2) is 4.39 Å². The van der Waals surface area contributed by atoms with E-state index in [0.29, 0.717) is 22.0 Å². The van der Waals surface area contributed by atoms with Crippen LogP contribution in [-0.2, 0) is 6.42 Å². The maximum atomic E-state index is 13.8. The Morgan fingerprint density at radius 1 is 1.15 bits per heavy atom. The van der Waals surface area contributed by atoms with Gasteiger partial charge in [0.15, 0.2) is 0 Å². The molecule has 106 valence electrons. The third-order valence-electron chi connectivity index (χ3n) is 3.38. The molecular weight excluding hydrogens is 296 g/mol. The van der Waals surface area contributed by atoms with E-state index in [0.717, 1.165) is 11.1 Å². The fourth-order valence-electron chi connectivity index (χ4n) is 2.13. The topological polar surface area (TPSA) is 12.0 Å². The Balaban J connectivity index is 2.28. The summed E-state index contributed by atoms with van der Waals surface area (Å²) in [7, 11) is 1.85. The average Bonchev–Trinajstić information content (AvgIpc) is 2.43. The Labute approximate surface area is 128 Å². The largest absolute Gasteiger partial charge is 0.313 e. The summed E-state index contributed by atoms with van der Waals surface area (Å²) < 4.78 is 13.8. The van der Waals surface area contributed by atoms with Gasteiger partial charge in [0.05, 0.1) is 0 Å². The molecule has 4 heteroatoms. The lowest BCUT2D eigenvalue weighted by atomic mass is 9.98. The van der Waals surface area contributed by atoms with Crippen LogP contribution in [0.1, 0.15) is 22.7 Å². The maximum absolute atomic E-state index is 13.8. The van der Waals surface area contributed by atoms with E-state index >= 15 is 0 Å². The number of rotatable bonds is 4. The molecule has 0 bridgehead atoms. The first-order valence-corrected chi connectivity index (χ1v) is 7.14. The molecule has 0 heterocycles. The molecule has 1 unspecified atom stereocenters. The molecule has 0 aliphatic rings. The zero-order chi connectivity index (χ0) is 14.7. The SMILES string of the molecule is CNC(Cc1cc(Cl)ccc1F)c1ccc(C)c(Cl)c1. The third kappa shape index (κ3) is 3.51. The minimum atomic E-state index is -0.243. The minimum Gasteiger partial charge on any atom is -0.313 e. The second-order valence-corrected chi connectivity index (χ2v) is 5.63. The van der Waals surface area contributed by atoms with Gasteiger partial charge >= 0.3 is 0 Å². The highest BCUT2D eigenvalue weighted by Crippen LogP contribution is 2.25. The molecule has 0 saturated carbocycles. The Bertz CT molecular complexity index is 613. The normalized spacial score (nSPS) is 12.4. The monoisotopic (exact) mass is 311 g/mol. The lowest BCUT2D eigenvalue weighted by Gasteiger charge is -2.18. The van der Waals surface area contributed by atoms with Crippen molar-refractivity contribution in [2.45, 2.75) is 19.4 Å². The van der Waals surface area contributed by atoms with Crippen molar-refractivity contribution >= 4 is 23.2 Å². The number of nitrogens with one attached hydrogen (secondary N) is 1. The van der Waals surface area contributed by atoms with E-state index < -0.39 is 0 Å². The maximum Gasteiger partial charge on any atom is 0.126 e. The average molecular weight is 312 g/mol. The first kappa shape index (κ1) is 15.3. The number of aryl methyl sites for hydroxylation is 1. The molecule has 2 aromatic rings. The molecule has 0 saturated heterocycles. The van der Waals surface area contributed by atoms with Gasteiger partial charge in [0, 0.05) is 16.1 Å². The number of halogens is 3. The van der Waals surface area contributed by atoms with E-state index in [1.54, 1.807) is 12.1 Å². The second kappa shape index (κ2) is 6.57. The number of hydrogen-bond donors (Lipinski definition) is 1. The van der Waals surface area contributed by atoms with Crippen molar-refractivity contribution in [2.24, 2.45) is 0 Å². The van der Waals surface area contributed by atoms with Crippen LogP contribution in [0.3, 0.4) is 0 Å². The molecule has 1 nitrogen and oxygen atoms in total. The highest BCUT2D eigenvalue weighted by molar-refractivity contribution is 6.31. The van der Waals surface area contributed by atoms with E-state index in [2.05, 4.69) is 5.32 Å². The Hall–Kier alpha value is -1.09. The second-order valence-electron chi connectivity index (χ2n) is 4.79. The van der Waals surface area contributed by atoms with Crippen molar-refractivity contribution in [2.75, 3.05) is 7.05 Å². The van der Waals surface area contributed by atoms with Gasteiger partial charge in [-0.1, -0.05) is 35.3 Å². The van der Waals surface area contributed by atoms with Crippen LogP contribution >= 0.6 is 23.2 Å². The van der Waals surface area contributed by atoms with Crippen molar-refractivity contribution in [3.8, 4) is 0 Å². The fourth-order valence-corrected chi connectivity index (χ4v) is 2.52. The highest BCUT2D eigenvalue weighted by atomic mass is 35.5. The van der Waals surface area contributed by atoms with Crippen LogP contribution in [0.5, 0.6) is 0 Å². The molecule has 0 fully saturated rings. The molecule has 2 rings (SSSR count). The summed E-state index contributed by atoms with van der Waals surface area (Å²) in [4.78, 5) is 0. The lowest BCUT2D eigenvalue weighted by molar-refractivity contribution is 0.554. The van der Waals surface area contributed by atoms with Gasteiger partial charge in [0.1, 0.15) is 5.82 Å². The van der Waals surface area contributed by atoms with Crippen LogP contribution in [0.2, 0.25) is 10.0 Å². The standard InChI is InChI=1S/C16H16Cl2FN/c1-10-3-4-11(8-14(10)18)16(20-2)9-12-7-13(17)5-6-15(12)19/h3-8,16,20H,9H2,1-2H3. The summed E-state index contributed by atoms with van der Waals surface area (Å²) >= 11 is 12.1. The van der Waals surface area contributed by atoms with E-state index in [-0.39, 0.29) is 11.9 Å². The third-order valence-corrected chi connectivity index (χ3v) is 4.02.